The molecular formula is C55H67N2O8+. The second-order valence-electron chi connectivity index (χ2n) is 20.7. The Morgan fingerprint density at radius 2 is 1.05 bits per heavy atom. The molecule has 0 fully saturated rings. The van der Waals surface area contributed by atoms with E-state index in [2.05, 4.69) is 81.3 Å². The van der Waals surface area contributed by atoms with Crippen LogP contribution in [-0.4, -0.2) is 76.3 Å². The van der Waals surface area contributed by atoms with Crippen LogP contribution in [0.4, 0.5) is 0 Å². The van der Waals surface area contributed by atoms with Crippen LogP contribution in [0.2, 0.25) is 0 Å². The van der Waals surface area contributed by atoms with Crippen molar-refractivity contribution in [1.29, 1.82) is 0 Å². The summed E-state index contributed by atoms with van der Waals surface area (Å²) in [5.41, 5.74) is 2.03. The number of hydrogen-bond acceptors (Lipinski definition) is 9. The number of ketones is 4. The van der Waals surface area contributed by atoms with Crippen LogP contribution in [0, 0.1) is 10.8 Å². The highest BCUT2D eigenvalue weighted by molar-refractivity contribution is 6.33. The highest BCUT2D eigenvalue weighted by atomic mass is 16.6. The Balaban J connectivity index is 1.35. The van der Waals surface area contributed by atoms with E-state index in [9.17, 15) is 29.1 Å². The molecule has 1 atom stereocenters. The number of esters is 1. The van der Waals surface area contributed by atoms with Gasteiger partial charge in [-0.3, -0.25) is 34.0 Å². The Morgan fingerprint density at radius 1 is 0.615 bits per heavy atom. The molecule has 0 radical (unpaired) electrons. The van der Waals surface area contributed by atoms with Gasteiger partial charge in [0.1, 0.15) is 13.4 Å². The van der Waals surface area contributed by atoms with Crippen molar-refractivity contribution >= 4 is 35.8 Å². The van der Waals surface area contributed by atoms with Gasteiger partial charge in [0.15, 0.2) is 35.0 Å². The lowest BCUT2D eigenvalue weighted by Gasteiger charge is -2.31. The fourth-order valence-electron chi connectivity index (χ4n) is 8.36. The van der Waals surface area contributed by atoms with Crippen LogP contribution >= 0.6 is 0 Å². The highest BCUT2D eigenvalue weighted by Crippen LogP contribution is 2.42. The van der Waals surface area contributed by atoms with E-state index in [1.165, 1.54) is 0 Å². The van der Waals surface area contributed by atoms with Crippen molar-refractivity contribution in [1.82, 2.24) is 5.32 Å². The van der Waals surface area contributed by atoms with E-state index in [4.69, 9.17) is 9.47 Å². The molecule has 0 spiro atoms. The van der Waals surface area contributed by atoms with Crippen molar-refractivity contribution in [2.24, 2.45) is 10.8 Å². The molecule has 4 aromatic rings. The molecule has 0 aliphatic heterocycles. The number of aliphatic hydroxyl groups excluding tert-OH is 1. The summed E-state index contributed by atoms with van der Waals surface area (Å²) in [6.07, 6.45) is 4.07. The van der Waals surface area contributed by atoms with Gasteiger partial charge >= 0.3 is 5.97 Å². The van der Waals surface area contributed by atoms with Gasteiger partial charge in [-0.1, -0.05) is 127 Å². The third-order valence-corrected chi connectivity index (χ3v) is 14.2. The van der Waals surface area contributed by atoms with Crippen LogP contribution in [0.5, 0.6) is 0 Å². The molecule has 0 saturated carbocycles. The minimum Gasteiger partial charge on any atom is -0.449 e. The molecular weight excluding hydrogens is 817 g/mol. The molecule has 6 rings (SSSR count). The van der Waals surface area contributed by atoms with Gasteiger partial charge in [-0.25, -0.2) is 4.58 Å². The first-order valence-electron chi connectivity index (χ1n) is 23.0. The summed E-state index contributed by atoms with van der Waals surface area (Å²) in [6.45, 7) is 25.8. The van der Waals surface area contributed by atoms with Crippen LogP contribution in [-0.2, 0) is 27.1 Å². The third-order valence-electron chi connectivity index (χ3n) is 14.2. The van der Waals surface area contributed by atoms with Gasteiger partial charge in [0.2, 0.25) is 6.73 Å². The van der Waals surface area contributed by atoms with E-state index in [1.54, 1.807) is 72.8 Å². The molecule has 10 heteroatoms. The maximum Gasteiger partial charge on any atom is 0.311 e. The number of carbonyl (C=O) groups is 5. The number of rotatable bonds is 20. The van der Waals surface area contributed by atoms with Gasteiger partial charge in [0.05, 0.1) is 6.42 Å². The Bertz CT molecular complexity index is 2540. The molecule has 0 aromatic heterocycles. The maximum atomic E-state index is 14.7. The second kappa shape index (κ2) is 19.2. The number of carbonyl (C=O) groups excluding carboxylic acids is 5. The zero-order chi connectivity index (χ0) is 47.6. The van der Waals surface area contributed by atoms with E-state index in [1.807, 2.05) is 4.58 Å². The zero-order valence-electron chi connectivity index (χ0n) is 40.0. The van der Waals surface area contributed by atoms with Crippen molar-refractivity contribution in [2.45, 2.75) is 138 Å². The van der Waals surface area contributed by atoms with Crippen LogP contribution in [0.15, 0.2) is 72.8 Å². The quantitative estimate of drug-likeness (QED) is 0.0332. The number of hydrogen-bond donors (Lipinski definition) is 2. The maximum absolute atomic E-state index is 14.7. The van der Waals surface area contributed by atoms with E-state index >= 15 is 0 Å². The van der Waals surface area contributed by atoms with Crippen LogP contribution < -0.4 is 5.32 Å². The summed E-state index contributed by atoms with van der Waals surface area (Å²) in [4.78, 5) is 71.8. The SMILES string of the molecule is C=[N+](COC(O)Cc1ccc(-c2ccc(CC(=O)OCNC(C)(C)CCC(C)(C)CC)c3c2C(=O)c2ccccc2C3=O)c2c1C(=O)c1ccccc1C2=O)C(C)(C)CCC(C)(C)CC. The monoisotopic (exact) mass is 883 g/mol. The van der Waals surface area contributed by atoms with E-state index in [-0.39, 0.29) is 104 Å². The molecule has 1 unspecified atom stereocenters. The average Bonchev–Trinajstić information content (AvgIpc) is 3.27. The molecule has 2 N–H and O–H groups in total. The normalized spacial score (nSPS) is 14.4. The smallest absolute Gasteiger partial charge is 0.311 e. The zero-order valence-corrected chi connectivity index (χ0v) is 40.0. The van der Waals surface area contributed by atoms with Crippen molar-refractivity contribution in [3.63, 3.8) is 0 Å². The predicted molar refractivity (Wildman–Crippen MR) is 254 cm³/mol. The highest BCUT2D eigenvalue weighted by Gasteiger charge is 2.39. The fraction of sp³-hybridized carbons (Fsp3) is 0.455. The first kappa shape index (κ1) is 49.0. The lowest BCUT2D eigenvalue weighted by molar-refractivity contribution is -0.633. The van der Waals surface area contributed by atoms with Crippen molar-refractivity contribution in [2.75, 3.05) is 13.5 Å². The Hall–Kier alpha value is -5.42. The van der Waals surface area contributed by atoms with Crippen molar-refractivity contribution in [3.8, 4) is 11.1 Å². The van der Waals surface area contributed by atoms with E-state index < -0.39 is 35.4 Å². The first-order chi connectivity index (χ1) is 30.5. The van der Waals surface area contributed by atoms with Crippen LogP contribution in [0.1, 0.15) is 183 Å². The minimum atomic E-state index is -1.35. The number of fused-ring (bicyclic) bond motifs is 4. The summed E-state index contributed by atoms with van der Waals surface area (Å²) < 4.78 is 13.4. The van der Waals surface area contributed by atoms with Gasteiger partial charge in [0.25, 0.3) is 0 Å². The summed E-state index contributed by atoms with van der Waals surface area (Å²) in [6, 6.07) is 19.7. The van der Waals surface area contributed by atoms with Gasteiger partial charge < -0.3 is 9.84 Å². The van der Waals surface area contributed by atoms with Crippen molar-refractivity contribution < 1.29 is 43.1 Å². The largest absolute Gasteiger partial charge is 0.449 e. The van der Waals surface area contributed by atoms with Crippen LogP contribution in [0.25, 0.3) is 11.1 Å². The first-order valence-corrected chi connectivity index (χ1v) is 23.0. The fourth-order valence-corrected chi connectivity index (χ4v) is 8.36. The van der Waals surface area contributed by atoms with Gasteiger partial charge in [0, 0.05) is 62.9 Å². The van der Waals surface area contributed by atoms with E-state index in [0.717, 1.165) is 38.5 Å². The number of nitrogens with zero attached hydrogens (tertiary/aromatic N) is 1. The summed E-state index contributed by atoms with van der Waals surface area (Å²) >= 11 is 0. The molecule has 2 aliphatic carbocycles. The van der Waals surface area contributed by atoms with Gasteiger partial charge in [-0.05, 0) is 80.0 Å². The number of benzene rings is 4. The third kappa shape index (κ3) is 10.7. The summed E-state index contributed by atoms with van der Waals surface area (Å²) in [7, 11) is 0. The number of aliphatic hydroxyl groups is 1. The molecule has 0 heterocycles. The molecule has 65 heavy (non-hydrogen) atoms. The number of nitrogens with one attached hydrogen (secondary N) is 1. The summed E-state index contributed by atoms with van der Waals surface area (Å²) in [5, 5.41) is 14.7. The van der Waals surface area contributed by atoms with Gasteiger partial charge in [-0.2, -0.15) is 0 Å². The topological polar surface area (TPSA) is 139 Å². The lowest BCUT2D eigenvalue weighted by Crippen LogP contribution is -2.42. The molecule has 2 aliphatic rings. The molecule has 10 nitrogen and oxygen atoms in total. The average molecular weight is 884 g/mol. The molecule has 0 amide bonds. The Labute approximate surface area is 384 Å². The molecule has 344 valence electrons. The van der Waals surface area contributed by atoms with Crippen molar-refractivity contribution in [3.05, 3.63) is 128 Å². The Morgan fingerprint density at radius 3 is 1.52 bits per heavy atom. The molecule has 0 bridgehead atoms. The molecule has 4 aromatic carbocycles. The number of ether oxygens (including phenoxy) is 2. The summed E-state index contributed by atoms with van der Waals surface area (Å²) in [5.74, 6) is -2.32. The van der Waals surface area contributed by atoms with Crippen LogP contribution in [0.3, 0.4) is 0 Å². The minimum absolute atomic E-state index is 0.0202. The Kier molecular flexibility index (Phi) is 14.5. The molecule has 0 saturated heterocycles. The second-order valence-corrected chi connectivity index (χ2v) is 20.7. The van der Waals surface area contributed by atoms with Gasteiger partial charge in [-0.15, -0.1) is 0 Å². The lowest BCUT2D eigenvalue weighted by atomic mass is 9.74. The van der Waals surface area contributed by atoms with E-state index in [0.29, 0.717) is 11.1 Å². The standard InChI is InChI=1S/C55H67N2O8/c1-12-52(3,4)26-28-54(7,8)56-32-64-42(58)30-34-22-24-36(46-44(34)48(60)38-18-14-16-20-40(38)50(46)62)37-25-23-35(45-47(37)51(63)41-21-17-15-19-39(41)49(45)61)31-43(59)65-33-57(11)55(9,10)29-27-53(5,6)13-2/h14-25,43,56,59H,11-13,26-33H2,1-10H3/q+1. The predicted octanol–water partition coefficient (Wildman–Crippen LogP) is 10.1.